The number of benzene rings is 1. The van der Waals surface area contributed by atoms with Gasteiger partial charge in [-0.1, -0.05) is 0 Å². The summed E-state index contributed by atoms with van der Waals surface area (Å²) in [6, 6.07) is 3.20. The maximum atomic E-state index is 12.5. The Hall–Kier alpha value is -2.25. The molecule has 1 aromatic heterocycles. The number of nitrogens with one attached hydrogen (secondary N) is 2. The number of fused-ring (bicyclic) bond motifs is 1. The molecule has 5 nitrogen and oxygen atoms in total. The van der Waals surface area contributed by atoms with Crippen LogP contribution >= 0.6 is 0 Å². The molecule has 0 saturated carbocycles. The number of aromatic nitrogens is 2. The summed E-state index contributed by atoms with van der Waals surface area (Å²) in [7, 11) is 0. The maximum absolute atomic E-state index is 12.5. The zero-order valence-corrected chi connectivity index (χ0v) is 9.01. The van der Waals surface area contributed by atoms with E-state index in [-0.39, 0.29) is 17.7 Å². The van der Waals surface area contributed by atoms with Crippen molar-refractivity contribution in [3.63, 3.8) is 0 Å². The lowest BCUT2D eigenvalue weighted by Crippen LogP contribution is -2.22. The maximum Gasteiger partial charge on any atom is 0.416 e. The van der Waals surface area contributed by atoms with E-state index in [1.807, 2.05) is 0 Å². The van der Waals surface area contributed by atoms with Crippen molar-refractivity contribution in [2.75, 3.05) is 11.9 Å². The summed E-state index contributed by atoms with van der Waals surface area (Å²) in [6.45, 7) is -0.198. The van der Waals surface area contributed by atoms with Crippen LogP contribution in [0.2, 0.25) is 0 Å². The molecule has 1 amide bonds. The number of aromatic amines is 1. The second kappa shape index (κ2) is 4.21. The number of nitrogens with two attached hydrogens (primary N) is 1. The molecule has 0 aliphatic heterocycles. The molecule has 0 unspecified atom stereocenters. The smallest absolute Gasteiger partial charge is 0.368 e. The second-order valence-electron chi connectivity index (χ2n) is 3.65. The van der Waals surface area contributed by atoms with E-state index >= 15 is 0 Å². The van der Waals surface area contributed by atoms with Crippen molar-refractivity contribution >= 4 is 22.6 Å². The Balaban J connectivity index is 2.40. The number of carbonyl (C=O) groups excluding carboxylic acids is 1. The fraction of sp³-hybridized carbons (Fsp3) is 0.200. The number of rotatable bonds is 3. The second-order valence-corrected chi connectivity index (χ2v) is 3.65. The number of anilines is 1. The molecule has 96 valence electrons. The predicted molar refractivity (Wildman–Crippen MR) is 58.8 cm³/mol. The largest absolute Gasteiger partial charge is 0.416 e. The van der Waals surface area contributed by atoms with Crippen LogP contribution in [-0.2, 0) is 11.0 Å². The molecule has 0 spiro atoms. The highest BCUT2D eigenvalue weighted by Crippen LogP contribution is 2.32. The van der Waals surface area contributed by atoms with Crippen molar-refractivity contribution in [1.29, 1.82) is 0 Å². The minimum absolute atomic E-state index is 0.162. The molecule has 0 fully saturated rings. The van der Waals surface area contributed by atoms with Gasteiger partial charge in [-0.15, -0.1) is 0 Å². The number of hydrogen-bond acceptors (Lipinski definition) is 3. The van der Waals surface area contributed by atoms with E-state index in [0.717, 1.165) is 12.1 Å². The van der Waals surface area contributed by atoms with Crippen LogP contribution in [0.15, 0.2) is 18.2 Å². The van der Waals surface area contributed by atoms with Gasteiger partial charge in [0.15, 0.2) is 5.82 Å². The highest BCUT2D eigenvalue weighted by molar-refractivity contribution is 5.91. The Bertz CT molecular complexity index is 590. The van der Waals surface area contributed by atoms with Crippen LogP contribution in [0.3, 0.4) is 0 Å². The van der Waals surface area contributed by atoms with E-state index in [2.05, 4.69) is 15.5 Å². The van der Waals surface area contributed by atoms with E-state index in [1.165, 1.54) is 6.07 Å². The number of primary amides is 1. The van der Waals surface area contributed by atoms with Gasteiger partial charge in [0.05, 0.1) is 17.6 Å². The van der Waals surface area contributed by atoms with Crippen molar-refractivity contribution in [3.8, 4) is 0 Å². The number of hydrogen-bond donors (Lipinski definition) is 3. The van der Waals surface area contributed by atoms with Gasteiger partial charge >= 0.3 is 6.18 Å². The number of carbonyl (C=O) groups is 1. The standard InChI is InChI=1S/C10H9F3N4O/c11-10(12,13)5-1-2-7-6(3-5)9(17-16-7)15-4-8(14)18/h1-3H,4H2,(H2,14,18)(H2,15,16,17). The normalized spacial score (nSPS) is 11.7. The zero-order chi connectivity index (χ0) is 13.3. The lowest BCUT2D eigenvalue weighted by Gasteiger charge is -2.06. The van der Waals surface area contributed by atoms with E-state index in [0.29, 0.717) is 5.52 Å². The highest BCUT2D eigenvalue weighted by atomic mass is 19.4. The first-order valence-electron chi connectivity index (χ1n) is 4.95. The first kappa shape index (κ1) is 12.2. The molecule has 0 aliphatic rings. The average molecular weight is 258 g/mol. The summed E-state index contributed by atoms with van der Waals surface area (Å²) in [5.74, 6) is -0.465. The summed E-state index contributed by atoms with van der Waals surface area (Å²) in [5, 5.41) is 9.15. The van der Waals surface area contributed by atoms with Crippen molar-refractivity contribution < 1.29 is 18.0 Å². The molecule has 0 aliphatic carbocycles. The number of nitrogens with zero attached hydrogens (tertiary/aromatic N) is 1. The van der Waals surface area contributed by atoms with Crippen molar-refractivity contribution in [3.05, 3.63) is 23.8 Å². The van der Waals surface area contributed by atoms with Gasteiger partial charge in [0, 0.05) is 5.39 Å². The quantitative estimate of drug-likeness (QED) is 0.779. The molecule has 18 heavy (non-hydrogen) atoms. The molecule has 0 atom stereocenters. The van der Waals surface area contributed by atoms with Gasteiger partial charge in [-0.3, -0.25) is 9.89 Å². The topological polar surface area (TPSA) is 83.8 Å². The Morgan fingerprint density at radius 3 is 2.78 bits per heavy atom. The van der Waals surface area contributed by atoms with Gasteiger partial charge in [-0.25, -0.2) is 0 Å². The van der Waals surface area contributed by atoms with Crippen LogP contribution in [0.25, 0.3) is 10.9 Å². The predicted octanol–water partition coefficient (Wildman–Crippen LogP) is 1.48. The van der Waals surface area contributed by atoms with Crippen LogP contribution in [0, 0.1) is 0 Å². The third kappa shape index (κ3) is 2.36. The van der Waals surface area contributed by atoms with E-state index < -0.39 is 17.6 Å². The number of amides is 1. The Labute approximate surface area is 99.2 Å². The molecule has 2 rings (SSSR count). The van der Waals surface area contributed by atoms with Crippen LogP contribution in [0.5, 0.6) is 0 Å². The number of H-pyrrole nitrogens is 1. The number of alkyl halides is 3. The number of halogens is 3. The Kier molecular flexibility index (Phi) is 2.85. The average Bonchev–Trinajstić information content (AvgIpc) is 2.67. The fourth-order valence-corrected chi connectivity index (χ4v) is 1.50. The van der Waals surface area contributed by atoms with Gasteiger partial charge in [-0.2, -0.15) is 18.3 Å². The van der Waals surface area contributed by atoms with Crippen LogP contribution < -0.4 is 11.1 Å². The first-order valence-corrected chi connectivity index (χ1v) is 4.95. The Morgan fingerprint density at radius 2 is 2.17 bits per heavy atom. The molecule has 4 N–H and O–H groups in total. The molecule has 0 saturated heterocycles. The van der Waals surface area contributed by atoms with Crippen LogP contribution in [-0.4, -0.2) is 22.6 Å². The third-order valence-corrected chi connectivity index (χ3v) is 2.32. The van der Waals surface area contributed by atoms with Crippen molar-refractivity contribution in [2.24, 2.45) is 5.73 Å². The SMILES string of the molecule is NC(=O)CNc1n[nH]c2ccc(C(F)(F)F)cc12. The van der Waals surface area contributed by atoms with Crippen LogP contribution in [0.1, 0.15) is 5.56 Å². The molecular weight excluding hydrogens is 249 g/mol. The third-order valence-electron chi connectivity index (χ3n) is 2.32. The van der Waals surface area contributed by atoms with Crippen molar-refractivity contribution in [2.45, 2.75) is 6.18 Å². The lowest BCUT2D eigenvalue weighted by molar-refractivity contribution is -0.137. The molecule has 0 radical (unpaired) electrons. The highest BCUT2D eigenvalue weighted by Gasteiger charge is 2.30. The minimum Gasteiger partial charge on any atom is -0.368 e. The first-order chi connectivity index (χ1) is 8.38. The summed E-state index contributed by atoms with van der Waals surface area (Å²) < 4.78 is 37.6. The molecule has 2 aromatic rings. The summed E-state index contributed by atoms with van der Waals surface area (Å²) >= 11 is 0. The molecule has 1 heterocycles. The van der Waals surface area contributed by atoms with Gasteiger partial charge in [0.1, 0.15) is 0 Å². The van der Waals surface area contributed by atoms with Gasteiger partial charge < -0.3 is 11.1 Å². The van der Waals surface area contributed by atoms with Gasteiger partial charge in [-0.05, 0) is 18.2 Å². The molecule has 0 bridgehead atoms. The zero-order valence-electron chi connectivity index (χ0n) is 9.01. The summed E-state index contributed by atoms with van der Waals surface area (Å²) in [5.41, 5.74) is 4.59. The van der Waals surface area contributed by atoms with E-state index in [4.69, 9.17) is 5.73 Å². The van der Waals surface area contributed by atoms with Gasteiger partial charge in [0.2, 0.25) is 5.91 Å². The monoisotopic (exact) mass is 258 g/mol. The Morgan fingerprint density at radius 1 is 1.44 bits per heavy atom. The molecule has 1 aromatic carbocycles. The fourth-order valence-electron chi connectivity index (χ4n) is 1.50. The van der Waals surface area contributed by atoms with Crippen LogP contribution in [0.4, 0.5) is 19.0 Å². The van der Waals surface area contributed by atoms with Crippen molar-refractivity contribution in [1.82, 2.24) is 10.2 Å². The lowest BCUT2D eigenvalue weighted by atomic mass is 10.1. The molecular formula is C10H9F3N4O. The van der Waals surface area contributed by atoms with Gasteiger partial charge in [0.25, 0.3) is 0 Å². The molecule has 8 heteroatoms. The van der Waals surface area contributed by atoms with E-state index in [1.54, 1.807) is 0 Å². The van der Waals surface area contributed by atoms with E-state index in [9.17, 15) is 18.0 Å². The minimum atomic E-state index is -4.42. The summed E-state index contributed by atoms with van der Waals surface area (Å²) in [4.78, 5) is 10.6. The summed E-state index contributed by atoms with van der Waals surface area (Å²) in [6.07, 6.45) is -4.42.